The zero-order valence-electron chi connectivity index (χ0n) is 9.52. The molecule has 0 aliphatic carbocycles. The van der Waals surface area contributed by atoms with E-state index in [0.717, 1.165) is 11.9 Å². The highest BCUT2D eigenvalue weighted by atomic mass is 79.9. The highest BCUT2D eigenvalue weighted by Crippen LogP contribution is 2.34. The van der Waals surface area contributed by atoms with Crippen molar-refractivity contribution in [1.29, 1.82) is 0 Å². The second-order valence-electron chi connectivity index (χ2n) is 4.89. The molecule has 0 saturated carbocycles. The monoisotopic (exact) mass is 262 g/mol. The first kappa shape index (κ1) is 12.5. The van der Waals surface area contributed by atoms with Crippen LogP contribution in [0, 0.1) is 5.41 Å². The Kier molecular flexibility index (Phi) is 5.47. The Balaban J connectivity index is 2.37. The fraction of sp³-hybridized carbons (Fsp3) is 1.00. The lowest BCUT2D eigenvalue weighted by Gasteiger charge is -2.33. The van der Waals surface area contributed by atoms with Gasteiger partial charge in [0.05, 0.1) is 6.10 Å². The molecule has 0 bridgehead atoms. The topological polar surface area (TPSA) is 9.23 Å². The fourth-order valence-electron chi connectivity index (χ4n) is 2.35. The molecule has 1 heterocycles. The molecule has 2 unspecified atom stereocenters. The largest absolute Gasteiger partial charge is 0.378 e. The SMILES string of the molecule is CCCC(C)(CBr)CC1CCCCO1. The molecule has 0 aromatic rings. The summed E-state index contributed by atoms with van der Waals surface area (Å²) >= 11 is 3.64. The summed E-state index contributed by atoms with van der Waals surface area (Å²) in [7, 11) is 0. The molecule has 0 aromatic heterocycles. The summed E-state index contributed by atoms with van der Waals surface area (Å²) in [4.78, 5) is 0. The number of alkyl halides is 1. The lowest BCUT2D eigenvalue weighted by Crippen LogP contribution is -2.29. The van der Waals surface area contributed by atoms with Gasteiger partial charge in [0.25, 0.3) is 0 Å². The second kappa shape index (κ2) is 6.12. The van der Waals surface area contributed by atoms with Crippen LogP contribution in [0.25, 0.3) is 0 Å². The van der Waals surface area contributed by atoms with Crippen molar-refractivity contribution >= 4 is 15.9 Å². The molecule has 1 saturated heterocycles. The predicted octanol–water partition coefficient (Wildman–Crippen LogP) is 4.15. The molecule has 1 nitrogen and oxygen atoms in total. The van der Waals surface area contributed by atoms with Crippen LogP contribution in [0.1, 0.15) is 52.4 Å². The molecule has 1 rings (SSSR count). The molecule has 0 amide bonds. The van der Waals surface area contributed by atoms with Gasteiger partial charge < -0.3 is 4.74 Å². The average molecular weight is 263 g/mol. The average Bonchev–Trinajstić information content (AvgIpc) is 2.20. The zero-order chi connectivity index (χ0) is 10.4. The minimum absolute atomic E-state index is 0.441. The highest BCUT2D eigenvalue weighted by Gasteiger charge is 2.27. The maximum absolute atomic E-state index is 5.80. The Morgan fingerprint density at radius 3 is 2.71 bits per heavy atom. The number of hydrogen-bond donors (Lipinski definition) is 0. The minimum Gasteiger partial charge on any atom is -0.378 e. The zero-order valence-corrected chi connectivity index (χ0v) is 11.1. The Labute approximate surface area is 96.7 Å². The molecule has 0 aromatic carbocycles. The van der Waals surface area contributed by atoms with Crippen molar-refractivity contribution in [2.24, 2.45) is 5.41 Å². The second-order valence-corrected chi connectivity index (χ2v) is 5.45. The van der Waals surface area contributed by atoms with Gasteiger partial charge >= 0.3 is 0 Å². The molecule has 0 N–H and O–H groups in total. The first-order chi connectivity index (χ1) is 6.70. The Hall–Kier alpha value is 0.440. The van der Waals surface area contributed by atoms with Gasteiger partial charge in [-0.1, -0.05) is 36.2 Å². The van der Waals surface area contributed by atoms with Crippen LogP contribution in [0.15, 0.2) is 0 Å². The molecule has 2 atom stereocenters. The maximum atomic E-state index is 5.80. The highest BCUT2D eigenvalue weighted by molar-refractivity contribution is 9.09. The Bertz CT molecular complexity index is 154. The molecule has 1 fully saturated rings. The van der Waals surface area contributed by atoms with Crippen molar-refractivity contribution in [1.82, 2.24) is 0 Å². The Morgan fingerprint density at radius 1 is 1.43 bits per heavy atom. The minimum atomic E-state index is 0.441. The third-order valence-electron chi connectivity index (χ3n) is 3.17. The van der Waals surface area contributed by atoms with Gasteiger partial charge in [-0.2, -0.15) is 0 Å². The first-order valence-electron chi connectivity index (χ1n) is 5.88. The van der Waals surface area contributed by atoms with Crippen molar-refractivity contribution in [3.05, 3.63) is 0 Å². The predicted molar refractivity (Wildman–Crippen MR) is 65.0 cm³/mol. The summed E-state index contributed by atoms with van der Waals surface area (Å²) in [5.41, 5.74) is 0.441. The molecule has 1 aliphatic heterocycles. The van der Waals surface area contributed by atoms with Crippen LogP contribution in [-0.2, 0) is 4.74 Å². The molecule has 0 spiro atoms. The summed E-state index contributed by atoms with van der Waals surface area (Å²) in [5, 5.41) is 1.10. The van der Waals surface area contributed by atoms with Crippen LogP contribution in [0.3, 0.4) is 0 Å². The van der Waals surface area contributed by atoms with E-state index in [-0.39, 0.29) is 0 Å². The van der Waals surface area contributed by atoms with Crippen LogP contribution in [-0.4, -0.2) is 18.0 Å². The number of rotatable bonds is 5. The number of hydrogen-bond acceptors (Lipinski definition) is 1. The van der Waals surface area contributed by atoms with Crippen molar-refractivity contribution in [3.63, 3.8) is 0 Å². The normalized spacial score (nSPS) is 27.2. The van der Waals surface area contributed by atoms with E-state index >= 15 is 0 Å². The number of ether oxygens (including phenoxy) is 1. The van der Waals surface area contributed by atoms with Gasteiger partial charge in [-0.25, -0.2) is 0 Å². The van der Waals surface area contributed by atoms with Crippen molar-refractivity contribution in [3.8, 4) is 0 Å². The molecule has 14 heavy (non-hydrogen) atoms. The smallest absolute Gasteiger partial charge is 0.0580 e. The lowest BCUT2D eigenvalue weighted by molar-refractivity contribution is -0.0101. The molecule has 0 radical (unpaired) electrons. The Morgan fingerprint density at radius 2 is 2.21 bits per heavy atom. The number of halogens is 1. The van der Waals surface area contributed by atoms with E-state index in [0.29, 0.717) is 11.5 Å². The molecule has 84 valence electrons. The van der Waals surface area contributed by atoms with Gasteiger partial charge in [-0.15, -0.1) is 0 Å². The van der Waals surface area contributed by atoms with Gasteiger partial charge in [0.2, 0.25) is 0 Å². The van der Waals surface area contributed by atoms with Crippen LogP contribution >= 0.6 is 15.9 Å². The first-order valence-corrected chi connectivity index (χ1v) is 7.00. The van der Waals surface area contributed by atoms with Gasteiger partial charge in [0.1, 0.15) is 0 Å². The maximum Gasteiger partial charge on any atom is 0.0580 e. The van der Waals surface area contributed by atoms with E-state index in [1.807, 2.05) is 0 Å². The standard InChI is InChI=1S/C12H23BrO/c1-3-7-12(2,10-13)9-11-6-4-5-8-14-11/h11H,3-10H2,1-2H3. The van der Waals surface area contributed by atoms with Gasteiger partial charge in [0, 0.05) is 11.9 Å². The van der Waals surface area contributed by atoms with E-state index in [4.69, 9.17) is 4.74 Å². The van der Waals surface area contributed by atoms with E-state index in [2.05, 4.69) is 29.8 Å². The summed E-state index contributed by atoms with van der Waals surface area (Å²) in [5.74, 6) is 0. The molecular formula is C12H23BrO. The third-order valence-corrected chi connectivity index (χ3v) is 4.52. The van der Waals surface area contributed by atoms with Crippen molar-refractivity contribution in [2.45, 2.75) is 58.5 Å². The van der Waals surface area contributed by atoms with E-state index < -0.39 is 0 Å². The summed E-state index contributed by atoms with van der Waals surface area (Å²) in [6.07, 6.45) is 8.22. The quantitative estimate of drug-likeness (QED) is 0.677. The van der Waals surface area contributed by atoms with E-state index in [1.54, 1.807) is 0 Å². The molecule has 2 heteroatoms. The van der Waals surface area contributed by atoms with Crippen LogP contribution in [0.2, 0.25) is 0 Å². The summed E-state index contributed by atoms with van der Waals surface area (Å²) in [6.45, 7) is 5.63. The molecule has 1 aliphatic rings. The van der Waals surface area contributed by atoms with Crippen LogP contribution in [0.4, 0.5) is 0 Å². The summed E-state index contributed by atoms with van der Waals surface area (Å²) < 4.78 is 5.80. The van der Waals surface area contributed by atoms with Gasteiger partial charge in [-0.05, 0) is 37.5 Å². The third kappa shape index (κ3) is 3.90. The van der Waals surface area contributed by atoms with Crippen LogP contribution < -0.4 is 0 Å². The van der Waals surface area contributed by atoms with Gasteiger partial charge in [-0.3, -0.25) is 0 Å². The molecular weight excluding hydrogens is 240 g/mol. The van der Waals surface area contributed by atoms with Crippen molar-refractivity contribution < 1.29 is 4.74 Å². The van der Waals surface area contributed by atoms with Crippen LogP contribution in [0.5, 0.6) is 0 Å². The van der Waals surface area contributed by atoms with E-state index in [9.17, 15) is 0 Å². The van der Waals surface area contributed by atoms with Gasteiger partial charge in [0.15, 0.2) is 0 Å². The van der Waals surface area contributed by atoms with E-state index in [1.165, 1.54) is 38.5 Å². The van der Waals surface area contributed by atoms with Crippen molar-refractivity contribution in [2.75, 3.05) is 11.9 Å². The lowest BCUT2D eigenvalue weighted by atomic mass is 9.81. The fourth-order valence-corrected chi connectivity index (χ4v) is 2.85. The summed E-state index contributed by atoms with van der Waals surface area (Å²) in [6, 6.07) is 0.